The molecule has 3 rings (SSSR count). The number of nitrogens with zero attached hydrogens (tertiary/aromatic N) is 3. The molecule has 9 nitrogen and oxygen atoms in total. The molecule has 0 saturated heterocycles. The zero-order valence-corrected chi connectivity index (χ0v) is 15.1. The van der Waals surface area contributed by atoms with E-state index in [1.54, 1.807) is 12.1 Å². The first kappa shape index (κ1) is 18.4. The lowest BCUT2D eigenvalue weighted by atomic mass is 10.1. The fraction of sp³-hybridized carbons (Fsp3) is 0.118. The molecule has 0 atom stereocenters. The van der Waals surface area contributed by atoms with Gasteiger partial charge in [-0.25, -0.2) is 9.80 Å². The van der Waals surface area contributed by atoms with Crippen LogP contribution in [0.4, 0.5) is 0 Å². The Morgan fingerprint density at radius 2 is 2.00 bits per heavy atom. The fourth-order valence-electron chi connectivity index (χ4n) is 2.48. The average molecular weight is 389 g/mol. The van der Waals surface area contributed by atoms with Crippen LogP contribution in [0.2, 0.25) is 0 Å². The Morgan fingerprint density at radius 1 is 1.26 bits per heavy atom. The van der Waals surface area contributed by atoms with Gasteiger partial charge in [0.15, 0.2) is 17.3 Å². The van der Waals surface area contributed by atoms with Crippen LogP contribution in [0.25, 0.3) is 0 Å². The van der Waals surface area contributed by atoms with Gasteiger partial charge >= 0.3 is 5.97 Å². The minimum absolute atomic E-state index is 0.0163. The Morgan fingerprint density at radius 3 is 2.67 bits per heavy atom. The smallest absolute Gasteiger partial charge is 0.335 e. The molecule has 1 aliphatic heterocycles. The molecule has 0 unspecified atom stereocenters. The van der Waals surface area contributed by atoms with Crippen molar-refractivity contribution in [1.82, 2.24) is 5.01 Å². The predicted octanol–water partition coefficient (Wildman–Crippen LogP) is 1.51. The number of carboxylic acid groups (broad SMARTS) is 1. The molecule has 0 spiro atoms. The van der Waals surface area contributed by atoms with Gasteiger partial charge in [0, 0.05) is 12.6 Å². The number of benzene rings is 2. The van der Waals surface area contributed by atoms with Gasteiger partial charge in [0.25, 0.3) is 10.0 Å². The normalized spacial score (nSPS) is 14.7. The lowest BCUT2D eigenvalue weighted by Gasteiger charge is -2.12. The highest BCUT2D eigenvalue weighted by Crippen LogP contribution is 2.29. The molecular formula is C17H15N3O6S. The Labute approximate surface area is 154 Å². The molecule has 0 fully saturated rings. The van der Waals surface area contributed by atoms with Crippen molar-refractivity contribution in [3.8, 4) is 11.5 Å². The van der Waals surface area contributed by atoms with Gasteiger partial charge in [-0.05, 0) is 42.0 Å². The minimum atomic E-state index is -4.00. The van der Waals surface area contributed by atoms with Crippen molar-refractivity contribution in [2.24, 2.45) is 9.50 Å². The summed E-state index contributed by atoms with van der Waals surface area (Å²) in [6.45, 7) is 0. The van der Waals surface area contributed by atoms with E-state index in [4.69, 9.17) is 9.84 Å². The van der Waals surface area contributed by atoms with Crippen molar-refractivity contribution >= 4 is 28.0 Å². The molecule has 0 bridgehead atoms. The number of sulfonamides is 1. The second kappa shape index (κ2) is 6.72. The number of ether oxygens (including phenoxy) is 1. The lowest BCUT2D eigenvalue weighted by molar-refractivity contribution is 0.0696. The van der Waals surface area contributed by atoms with Gasteiger partial charge in [0.05, 0.1) is 18.9 Å². The number of hydrazone groups is 1. The minimum Gasteiger partial charge on any atom is -0.504 e. The second-order valence-electron chi connectivity index (χ2n) is 5.61. The Kier molecular flexibility index (Phi) is 4.58. The van der Waals surface area contributed by atoms with E-state index in [0.29, 0.717) is 5.56 Å². The van der Waals surface area contributed by atoms with E-state index in [1.165, 1.54) is 43.6 Å². The van der Waals surface area contributed by atoms with Crippen LogP contribution in [0, 0.1) is 0 Å². The van der Waals surface area contributed by atoms with Crippen LogP contribution in [0.5, 0.6) is 11.5 Å². The van der Waals surface area contributed by atoms with E-state index >= 15 is 0 Å². The van der Waals surface area contributed by atoms with Gasteiger partial charge in [0.1, 0.15) is 4.90 Å². The third-order valence-corrected chi connectivity index (χ3v) is 5.15. The van der Waals surface area contributed by atoms with E-state index in [1.807, 2.05) is 0 Å². The number of phenolic OH excluding ortho intramolecular Hbond substituents is 1. The summed E-state index contributed by atoms with van der Waals surface area (Å²) in [6, 6.07) is 8.38. The van der Waals surface area contributed by atoms with Gasteiger partial charge in [-0.1, -0.05) is 0 Å². The number of aromatic carboxylic acids is 1. The third kappa shape index (κ3) is 3.47. The number of hydrogen-bond donors (Lipinski definition) is 2. The molecule has 2 aromatic carbocycles. The van der Waals surface area contributed by atoms with Crippen molar-refractivity contribution in [3.05, 3.63) is 53.1 Å². The first-order chi connectivity index (χ1) is 12.7. The SMILES string of the molecule is COc1cc(C=NN(C)C2=NS(=O)(=O)c3cc(C(=O)O)ccc32)ccc1O. The van der Waals surface area contributed by atoms with Crippen LogP contribution >= 0.6 is 0 Å². The van der Waals surface area contributed by atoms with Crippen LogP contribution in [-0.2, 0) is 10.0 Å². The molecular weight excluding hydrogens is 374 g/mol. The van der Waals surface area contributed by atoms with E-state index in [9.17, 15) is 18.3 Å². The Balaban J connectivity index is 1.93. The number of amidine groups is 1. The van der Waals surface area contributed by atoms with Crippen LogP contribution < -0.4 is 4.74 Å². The molecule has 1 heterocycles. The topological polar surface area (TPSA) is 129 Å². The molecule has 0 amide bonds. The van der Waals surface area contributed by atoms with Gasteiger partial charge < -0.3 is 14.9 Å². The number of carboxylic acids is 1. The van der Waals surface area contributed by atoms with Crippen molar-refractivity contribution < 1.29 is 28.2 Å². The fourth-order valence-corrected chi connectivity index (χ4v) is 3.74. The molecule has 0 radical (unpaired) electrons. The van der Waals surface area contributed by atoms with Crippen molar-refractivity contribution in [2.75, 3.05) is 14.2 Å². The largest absolute Gasteiger partial charge is 0.504 e. The average Bonchev–Trinajstić information content (AvgIpc) is 2.91. The highest BCUT2D eigenvalue weighted by atomic mass is 32.2. The summed E-state index contributed by atoms with van der Waals surface area (Å²) in [4.78, 5) is 10.9. The summed E-state index contributed by atoms with van der Waals surface area (Å²) < 4.78 is 33.2. The highest BCUT2D eigenvalue weighted by molar-refractivity contribution is 7.90. The molecule has 27 heavy (non-hydrogen) atoms. The van der Waals surface area contributed by atoms with Gasteiger partial charge in [-0.2, -0.15) is 13.5 Å². The Bertz CT molecular complexity index is 1090. The van der Waals surface area contributed by atoms with Crippen molar-refractivity contribution in [2.45, 2.75) is 4.90 Å². The van der Waals surface area contributed by atoms with Crippen LogP contribution in [0.15, 0.2) is 50.8 Å². The van der Waals surface area contributed by atoms with Crippen LogP contribution in [0.1, 0.15) is 21.5 Å². The molecule has 140 valence electrons. The van der Waals surface area contributed by atoms with Crippen LogP contribution in [0.3, 0.4) is 0 Å². The maximum atomic E-state index is 12.2. The number of rotatable bonds is 4. The summed E-state index contributed by atoms with van der Waals surface area (Å²) in [5, 5.41) is 24.1. The molecule has 10 heteroatoms. The molecule has 0 aromatic heterocycles. The predicted molar refractivity (Wildman–Crippen MR) is 97.1 cm³/mol. The van der Waals surface area contributed by atoms with E-state index in [2.05, 4.69) is 9.50 Å². The number of hydrogen-bond acceptors (Lipinski definition) is 7. The second-order valence-corrected chi connectivity index (χ2v) is 7.18. The number of methoxy groups -OCH3 is 1. The maximum Gasteiger partial charge on any atom is 0.335 e. The van der Waals surface area contributed by atoms with Gasteiger partial charge in [0.2, 0.25) is 0 Å². The maximum absolute atomic E-state index is 12.2. The Hall–Kier alpha value is -3.40. The quantitative estimate of drug-likeness (QED) is 0.599. The summed E-state index contributed by atoms with van der Waals surface area (Å²) in [7, 11) is -1.06. The third-order valence-electron chi connectivity index (χ3n) is 3.84. The van der Waals surface area contributed by atoms with E-state index in [0.717, 1.165) is 6.07 Å². The lowest BCUT2D eigenvalue weighted by Crippen LogP contribution is -2.21. The summed E-state index contributed by atoms with van der Waals surface area (Å²) >= 11 is 0. The number of aromatic hydroxyl groups is 1. The van der Waals surface area contributed by atoms with E-state index in [-0.39, 0.29) is 33.4 Å². The molecule has 2 aromatic rings. The van der Waals surface area contributed by atoms with Crippen molar-refractivity contribution in [1.29, 1.82) is 0 Å². The van der Waals surface area contributed by atoms with Gasteiger partial charge in [-0.15, -0.1) is 4.40 Å². The molecule has 1 aliphatic rings. The summed E-state index contributed by atoms with van der Waals surface area (Å²) in [5.41, 5.74) is 0.735. The molecule has 0 aliphatic carbocycles. The highest BCUT2D eigenvalue weighted by Gasteiger charge is 2.31. The van der Waals surface area contributed by atoms with Gasteiger partial charge in [-0.3, -0.25) is 0 Å². The zero-order chi connectivity index (χ0) is 19.8. The van der Waals surface area contributed by atoms with E-state index < -0.39 is 16.0 Å². The standard InChI is InChI=1S/C17H15N3O6S/c1-20(18-9-10-3-6-13(21)14(7-10)26-2)16-12-5-4-11(17(22)23)8-15(12)27(24,25)19-16/h3-9,21H,1-2H3,(H,22,23). The summed E-state index contributed by atoms with van der Waals surface area (Å²) in [5.74, 6) is -0.899. The van der Waals surface area contributed by atoms with Crippen LogP contribution in [-0.4, -0.2) is 55.8 Å². The first-order valence-corrected chi connectivity index (χ1v) is 9.04. The molecule has 0 saturated carbocycles. The van der Waals surface area contributed by atoms with Crippen molar-refractivity contribution in [3.63, 3.8) is 0 Å². The monoisotopic (exact) mass is 389 g/mol. The first-order valence-electron chi connectivity index (χ1n) is 7.60. The number of phenols is 1. The molecule has 2 N–H and O–H groups in total. The summed E-state index contributed by atoms with van der Waals surface area (Å²) in [6.07, 6.45) is 1.45. The number of carbonyl (C=O) groups is 1. The zero-order valence-electron chi connectivity index (χ0n) is 14.3. The number of fused-ring (bicyclic) bond motifs is 1.